The van der Waals surface area contributed by atoms with Crippen LogP contribution < -0.4 is 15.0 Å². The fraction of sp³-hybridized carbons (Fsp3) is 0.160. The molecule has 0 saturated carbocycles. The van der Waals surface area contributed by atoms with Crippen molar-refractivity contribution in [2.75, 3.05) is 7.11 Å². The molecule has 0 unspecified atom stereocenters. The molecule has 0 aliphatic carbocycles. The molecule has 3 aromatic carbocycles. The van der Waals surface area contributed by atoms with Crippen LogP contribution in [0.25, 0.3) is 10.9 Å². The number of fused-ring (bicyclic) bond motifs is 1. The van der Waals surface area contributed by atoms with Gasteiger partial charge in [0.05, 0.1) is 24.2 Å². The normalized spacial score (nSPS) is 11.3. The van der Waals surface area contributed by atoms with Gasteiger partial charge in [0.25, 0.3) is 5.56 Å². The lowest BCUT2D eigenvalue weighted by Gasteiger charge is -2.13. The molecule has 0 aliphatic rings. The van der Waals surface area contributed by atoms with Crippen LogP contribution in [0.15, 0.2) is 73.4 Å². The number of aromatic nitrogens is 2. The maximum absolute atomic E-state index is 13.9. The minimum atomic E-state index is -0.336. The molecule has 0 aliphatic heterocycles. The van der Waals surface area contributed by atoms with E-state index in [1.807, 2.05) is 13.0 Å². The highest BCUT2D eigenvalue weighted by atomic mass is 79.9. The van der Waals surface area contributed by atoms with Gasteiger partial charge < -0.3 is 9.47 Å². The number of nitrogens with zero attached hydrogens (tertiary/aromatic N) is 3. The molecular formula is C25H20Br2FN3O3. The van der Waals surface area contributed by atoms with E-state index in [4.69, 9.17) is 9.47 Å². The number of rotatable bonds is 7. The lowest BCUT2D eigenvalue weighted by Crippen LogP contribution is -2.22. The molecule has 34 heavy (non-hydrogen) atoms. The number of hydrogen-bond donors (Lipinski definition) is 0. The second kappa shape index (κ2) is 10.5. The zero-order valence-corrected chi connectivity index (χ0v) is 21.6. The third-order valence-electron chi connectivity index (χ3n) is 5.13. The van der Waals surface area contributed by atoms with Gasteiger partial charge in [-0.1, -0.05) is 41.1 Å². The Morgan fingerprint density at radius 2 is 1.91 bits per heavy atom. The van der Waals surface area contributed by atoms with Crippen LogP contribution in [0.4, 0.5) is 4.39 Å². The van der Waals surface area contributed by atoms with Crippen molar-refractivity contribution in [3.05, 3.63) is 96.7 Å². The molecule has 9 heteroatoms. The number of halogens is 3. The summed E-state index contributed by atoms with van der Waals surface area (Å²) < 4.78 is 27.9. The van der Waals surface area contributed by atoms with Crippen molar-refractivity contribution < 1.29 is 13.9 Å². The average molecular weight is 589 g/mol. The second-order valence-electron chi connectivity index (χ2n) is 7.31. The van der Waals surface area contributed by atoms with Crippen LogP contribution in [0.1, 0.15) is 23.9 Å². The Morgan fingerprint density at radius 3 is 2.65 bits per heavy atom. The van der Waals surface area contributed by atoms with Gasteiger partial charge in [-0.3, -0.25) is 4.79 Å². The molecule has 174 valence electrons. The van der Waals surface area contributed by atoms with Gasteiger partial charge in [0.1, 0.15) is 18.2 Å². The molecular weight excluding hydrogens is 569 g/mol. The maximum Gasteiger partial charge on any atom is 0.282 e. The van der Waals surface area contributed by atoms with E-state index in [0.717, 1.165) is 4.47 Å². The number of aryl methyl sites for hydroxylation is 1. The monoisotopic (exact) mass is 587 g/mol. The highest BCUT2D eigenvalue weighted by Gasteiger charge is 2.13. The number of methoxy groups -OCH3 is 1. The maximum atomic E-state index is 13.9. The number of benzene rings is 3. The summed E-state index contributed by atoms with van der Waals surface area (Å²) in [5.74, 6) is 1.10. The van der Waals surface area contributed by atoms with Crippen molar-refractivity contribution in [2.45, 2.75) is 20.0 Å². The van der Waals surface area contributed by atoms with Crippen LogP contribution in [0.3, 0.4) is 0 Å². The van der Waals surface area contributed by atoms with Gasteiger partial charge in [-0.2, -0.15) is 9.78 Å². The predicted octanol–water partition coefficient (Wildman–Crippen LogP) is 6.09. The number of ether oxygens (including phenoxy) is 2. The minimum Gasteiger partial charge on any atom is -0.493 e. The molecule has 4 aromatic rings. The lowest BCUT2D eigenvalue weighted by atomic mass is 10.2. The van der Waals surface area contributed by atoms with E-state index in [-0.39, 0.29) is 18.0 Å². The highest BCUT2D eigenvalue weighted by Crippen LogP contribution is 2.33. The molecule has 0 saturated heterocycles. The third kappa shape index (κ3) is 5.05. The van der Waals surface area contributed by atoms with Crippen LogP contribution in [0.5, 0.6) is 11.5 Å². The Kier molecular flexibility index (Phi) is 7.43. The Labute approximate surface area is 212 Å². The van der Waals surface area contributed by atoms with Crippen LogP contribution >= 0.6 is 31.9 Å². The molecule has 0 amide bonds. The first-order valence-corrected chi connectivity index (χ1v) is 12.0. The molecule has 4 rings (SSSR count). The molecule has 0 spiro atoms. The minimum absolute atomic E-state index is 0.0521. The van der Waals surface area contributed by atoms with Gasteiger partial charge in [0.2, 0.25) is 0 Å². The smallest absolute Gasteiger partial charge is 0.282 e. The van der Waals surface area contributed by atoms with Gasteiger partial charge in [-0.05, 0) is 52.3 Å². The van der Waals surface area contributed by atoms with Crippen LogP contribution in [-0.2, 0) is 13.0 Å². The Morgan fingerprint density at radius 1 is 1.12 bits per heavy atom. The van der Waals surface area contributed by atoms with Crippen molar-refractivity contribution in [2.24, 2.45) is 5.10 Å². The SMILES string of the molecule is CCc1nc2ccc(Br)cc2c(=O)n1N=Cc1cc(OC)c(OCc2ccccc2F)cc1Br. The van der Waals surface area contributed by atoms with Gasteiger partial charge in [0.15, 0.2) is 11.5 Å². The fourth-order valence-electron chi connectivity index (χ4n) is 3.36. The zero-order valence-electron chi connectivity index (χ0n) is 18.4. The lowest BCUT2D eigenvalue weighted by molar-refractivity contribution is 0.279. The molecule has 6 nitrogen and oxygen atoms in total. The first kappa shape index (κ1) is 24.1. The van der Waals surface area contributed by atoms with E-state index in [2.05, 4.69) is 41.9 Å². The molecule has 1 aromatic heterocycles. The van der Waals surface area contributed by atoms with Gasteiger partial charge in [0, 0.05) is 26.5 Å². The Balaban J connectivity index is 1.67. The second-order valence-corrected chi connectivity index (χ2v) is 9.08. The van der Waals surface area contributed by atoms with Gasteiger partial charge >= 0.3 is 0 Å². The summed E-state index contributed by atoms with van der Waals surface area (Å²) in [6, 6.07) is 15.3. The van der Waals surface area contributed by atoms with Crippen molar-refractivity contribution in [3.63, 3.8) is 0 Å². The zero-order chi connectivity index (χ0) is 24.2. The Bertz CT molecular complexity index is 1450. The van der Waals surface area contributed by atoms with Crippen LogP contribution in [0.2, 0.25) is 0 Å². The van der Waals surface area contributed by atoms with Gasteiger partial charge in [-0.15, -0.1) is 0 Å². The summed E-state index contributed by atoms with van der Waals surface area (Å²) in [5, 5.41) is 4.89. The predicted molar refractivity (Wildman–Crippen MR) is 137 cm³/mol. The highest BCUT2D eigenvalue weighted by molar-refractivity contribution is 9.10. The van der Waals surface area contributed by atoms with Crippen LogP contribution in [0, 0.1) is 5.82 Å². The van der Waals surface area contributed by atoms with Crippen molar-refractivity contribution in [1.82, 2.24) is 9.66 Å². The summed E-state index contributed by atoms with van der Waals surface area (Å²) >= 11 is 6.92. The van der Waals surface area contributed by atoms with E-state index >= 15 is 0 Å². The molecule has 0 fully saturated rings. The van der Waals surface area contributed by atoms with Crippen molar-refractivity contribution in [1.29, 1.82) is 0 Å². The summed E-state index contributed by atoms with van der Waals surface area (Å²) in [5.41, 5.74) is 1.47. The van der Waals surface area contributed by atoms with E-state index in [9.17, 15) is 9.18 Å². The van der Waals surface area contributed by atoms with Gasteiger partial charge in [-0.25, -0.2) is 9.37 Å². The van der Waals surface area contributed by atoms with Crippen molar-refractivity contribution in [3.8, 4) is 11.5 Å². The standard InChI is InChI=1S/C25H20Br2FN3O3/c1-3-24-30-21-9-8-17(26)11-18(21)25(32)31(24)29-13-16-10-22(33-2)23(12-19(16)27)34-14-15-6-4-5-7-20(15)28/h4-13H,3,14H2,1-2H3. The number of hydrogen-bond acceptors (Lipinski definition) is 5. The van der Waals surface area contributed by atoms with Crippen molar-refractivity contribution >= 4 is 49.0 Å². The van der Waals surface area contributed by atoms with Crippen LogP contribution in [-0.4, -0.2) is 23.0 Å². The Hall–Kier alpha value is -3.04. The fourth-order valence-corrected chi connectivity index (χ4v) is 4.14. The summed E-state index contributed by atoms with van der Waals surface area (Å²) in [6.07, 6.45) is 2.09. The topological polar surface area (TPSA) is 65.7 Å². The molecule has 0 N–H and O–H groups in total. The van der Waals surface area contributed by atoms with E-state index in [1.54, 1.807) is 48.7 Å². The summed E-state index contributed by atoms with van der Waals surface area (Å²) in [4.78, 5) is 17.7. The summed E-state index contributed by atoms with van der Waals surface area (Å²) in [6.45, 7) is 1.97. The molecule has 1 heterocycles. The molecule has 0 atom stereocenters. The van der Waals surface area contributed by atoms with E-state index in [1.165, 1.54) is 17.9 Å². The third-order valence-corrected chi connectivity index (χ3v) is 6.31. The molecule has 0 radical (unpaired) electrons. The summed E-state index contributed by atoms with van der Waals surface area (Å²) in [7, 11) is 1.52. The first-order valence-electron chi connectivity index (χ1n) is 10.4. The van der Waals surface area contributed by atoms with E-state index in [0.29, 0.717) is 50.2 Å². The first-order chi connectivity index (χ1) is 16.4. The van der Waals surface area contributed by atoms with E-state index < -0.39 is 0 Å². The largest absolute Gasteiger partial charge is 0.493 e. The quantitative estimate of drug-likeness (QED) is 0.245. The average Bonchev–Trinajstić information content (AvgIpc) is 2.84. The molecule has 0 bridgehead atoms.